The van der Waals surface area contributed by atoms with E-state index in [9.17, 15) is 9.59 Å². The number of imide groups is 1. The van der Waals surface area contributed by atoms with Gasteiger partial charge in [0.1, 0.15) is 6.61 Å². The summed E-state index contributed by atoms with van der Waals surface area (Å²) in [6, 6.07) is 30.7. The van der Waals surface area contributed by atoms with E-state index in [4.69, 9.17) is 4.84 Å². The van der Waals surface area contributed by atoms with Gasteiger partial charge in [-0.1, -0.05) is 24.3 Å². The first-order chi connectivity index (χ1) is 22.6. The first-order valence-corrected chi connectivity index (χ1v) is 14.6. The molecule has 0 atom stereocenters. The third-order valence-electron chi connectivity index (χ3n) is 6.55. The summed E-state index contributed by atoms with van der Waals surface area (Å²) in [7, 11) is 0. The summed E-state index contributed by atoms with van der Waals surface area (Å²) in [6.07, 6.45) is 10.9. The van der Waals surface area contributed by atoms with Gasteiger partial charge in [0, 0.05) is 50.0 Å². The quantitative estimate of drug-likeness (QED) is 0.144. The van der Waals surface area contributed by atoms with Crippen LogP contribution in [0.2, 0.25) is 0 Å². The van der Waals surface area contributed by atoms with Crippen LogP contribution in [0.1, 0.15) is 24.0 Å². The summed E-state index contributed by atoms with van der Waals surface area (Å²) in [5, 5.41) is 0.852. The van der Waals surface area contributed by atoms with Crippen LogP contribution < -0.4 is 0 Å². The van der Waals surface area contributed by atoms with E-state index in [0.29, 0.717) is 0 Å². The molecule has 0 bridgehead atoms. The first kappa shape index (κ1) is 34.5. The number of hydroxylamine groups is 2. The number of carbonyl (C=O) groups is 2. The third-order valence-corrected chi connectivity index (χ3v) is 6.55. The number of hydrogen-bond donors (Lipinski definition) is 0. The van der Waals surface area contributed by atoms with Crippen molar-refractivity contribution in [2.24, 2.45) is 0 Å². The molecular formula is C36H31N7O3Ru+2. The maximum atomic E-state index is 11.5. The first-order valence-electron chi connectivity index (χ1n) is 14.6. The Kier molecular flexibility index (Phi) is 13.2. The summed E-state index contributed by atoms with van der Waals surface area (Å²) in [5.74, 6) is -0.584. The minimum absolute atomic E-state index is 0. The van der Waals surface area contributed by atoms with E-state index in [1.54, 1.807) is 43.2 Å². The second kappa shape index (κ2) is 17.9. The Balaban J connectivity index is 0.000000170. The molecule has 10 nitrogen and oxygen atoms in total. The number of pyridine rings is 6. The maximum absolute atomic E-state index is 11.5. The van der Waals surface area contributed by atoms with Gasteiger partial charge in [-0.25, -0.2) is 0 Å². The molecule has 2 amide bonds. The average Bonchev–Trinajstić information content (AvgIpc) is 3.45. The fourth-order valence-corrected chi connectivity index (χ4v) is 4.28. The van der Waals surface area contributed by atoms with Crippen LogP contribution in [0.15, 0.2) is 134 Å². The molecule has 0 aliphatic carbocycles. The van der Waals surface area contributed by atoms with Crippen molar-refractivity contribution in [3.8, 4) is 34.2 Å². The zero-order valence-corrected chi connectivity index (χ0v) is 27.3. The van der Waals surface area contributed by atoms with Crippen molar-refractivity contribution in [3.63, 3.8) is 0 Å². The number of hydrogen-bond acceptors (Lipinski definition) is 9. The Morgan fingerprint density at radius 1 is 0.532 bits per heavy atom. The summed E-state index contributed by atoms with van der Waals surface area (Å²) in [6.45, 7) is 2.13. The van der Waals surface area contributed by atoms with Crippen LogP contribution in [0.5, 0.6) is 0 Å². The monoisotopic (exact) mass is 711 g/mol. The van der Waals surface area contributed by atoms with Crippen molar-refractivity contribution < 1.29 is 33.9 Å². The van der Waals surface area contributed by atoms with Gasteiger partial charge in [0.25, 0.3) is 11.8 Å². The minimum Gasteiger partial charge on any atom is -0.272 e. The van der Waals surface area contributed by atoms with E-state index < -0.39 is 0 Å². The Morgan fingerprint density at radius 3 is 1.34 bits per heavy atom. The Hall–Kier alpha value is -5.38. The third kappa shape index (κ3) is 10.3. The molecule has 1 fully saturated rings. The number of aryl methyl sites for hydroxylation is 1. The fraction of sp³-hybridized carbons (Fsp3) is 0.111. The molecule has 1 aliphatic heterocycles. The Bertz CT molecular complexity index is 1680. The molecule has 0 aromatic carbocycles. The summed E-state index contributed by atoms with van der Waals surface area (Å²) in [5.41, 5.74) is 7.08. The van der Waals surface area contributed by atoms with Crippen molar-refractivity contribution in [1.82, 2.24) is 35.0 Å². The molecule has 0 spiro atoms. The van der Waals surface area contributed by atoms with E-state index in [0.717, 1.165) is 50.4 Å². The topological polar surface area (TPSA) is 124 Å². The molecule has 47 heavy (non-hydrogen) atoms. The van der Waals surface area contributed by atoms with Crippen molar-refractivity contribution in [1.29, 1.82) is 0 Å². The van der Waals surface area contributed by atoms with E-state index in [1.807, 2.05) is 97.9 Å². The average molecular weight is 711 g/mol. The molecule has 0 N–H and O–H groups in total. The molecule has 234 valence electrons. The van der Waals surface area contributed by atoms with Gasteiger partial charge in [-0.3, -0.25) is 44.3 Å². The molecule has 1 saturated heterocycles. The zero-order valence-electron chi connectivity index (χ0n) is 25.5. The van der Waals surface area contributed by atoms with Crippen molar-refractivity contribution in [2.75, 3.05) is 0 Å². The predicted molar refractivity (Wildman–Crippen MR) is 173 cm³/mol. The van der Waals surface area contributed by atoms with Gasteiger partial charge in [0.2, 0.25) is 0 Å². The normalized spacial score (nSPS) is 11.8. The molecule has 0 radical (unpaired) electrons. The van der Waals surface area contributed by atoms with Crippen LogP contribution in [0, 0.1) is 6.92 Å². The van der Waals surface area contributed by atoms with Crippen LogP contribution in [-0.4, -0.2) is 46.8 Å². The molecule has 6 aromatic rings. The molecule has 1 aliphatic rings. The van der Waals surface area contributed by atoms with E-state index in [-0.39, 0.29) is 50.7 Å². The van der Waals surface area contributed by atoms with Gasteiger partial charge in [0.05, 0.1) is 34.2 Å². The molecule has 7 rings (SSSR count). The molecule has 0 saturated carbocycles. The SMILES string of the molecule is Cc1ccnc(-c2cc(CON3C(=O)CCC3=O)ccn2)c1.[Ru+2].c1ccc(-c2ccccn2)nc1.c1ccc(-c2ccccn2)nc1. The smallest absolute Gasteiger partial charge is 0.272 e. The summed E-state index contributed by atoms with van der Waals surface area (Å²) < 4.78 is 0. The van der Waals surface area contributed by atoms with E-state index in [2.05, 4.69) is 29.9 Å². The van der Waals surface area contributed by atoms with Crippen LogP contribution >= 0.6 is 0 Å². The summed E-state index contributed by atoms with van der Waals surface area (Å²) >= 11 is 0. The van der Waals surface area contributed by atoms with Crippen LogP contribution in [-0.2, 0) is 40.5 Å². The molecule has 7 heterocycles. The number of amides is 2. The van der Waals surface area contributed by atoms with E-state index in [1.165, 1.54) is 0 Å². The number of carbonyl (C=O) groups excluding carboxylic acids is 2. The molecule has 6 aromatic heterocycles. The zero-order chi connectivity index (χ0) is 32.0. The predicted octanol–water partition coefficient (Wildman–Crippen LogP) is 6.32. The Labute approximate surface area is 285 Å². The number of nitrogens with zero attached hydrogens (tertiary/aromatic N) is 7. The van der Waals surface area contributed by atoms with Gasteiger partial charge >= 0.3 is 19.5 Å². The maximum Gasteiger partial charge on any atom is 2.00 e. The van der Waals surface area contributed by atoms with Crippen LogP contribution in [0.4, 0.5) is 0 Å². The standard InChI is InChI=1S/C16H15N3O3.2C10H8N2.Ru/c1-11-4-6-17-13(8-11)14-9-12(5-7-18-14)10-22-19-15(20)2-3-16(19)21;2*1-3-7-11-9(5-1)10-6-2-4-8-12-10;/h4-9H,2-3,10H2,1H3;2*1-8H;/q;;;+2. The summed E-state index contributed by atoms with van der Waals surface area (Å²) in [4.78, 5) is 53.6. The minimum atomic E-state index is -0.292. The van der Waals surface area contributed by atoms with Crippen molar-refractivity contribution in [3.05, 3.63) is 145 Å². The Morgan fingerprint density at radius 2 is 0.936 bits per heavy atom. The largest absolute Gasteiger partial charge is 2.00 e. The molecule has 11 heteroatoms. The van der Waals surface area contributed by atoms with E-state index >= 15 is 0 Å². The van der Waals surface area contributed by atoms with Gasteiger partial charge < -0.3 is 0 Å². The van der Waals surface area contributed by atoms with Crippen LogP contribution in [0.25, 0.3) is 34.2 Å². The van der Waals surface area contributed by atoms with Gasteiger partial charge in [-0.15, -0.1) is 0 Å². The fourth-order valence-electron chi connectivity index (χ4n) is 4.28. The molecule has 0 unspecified atom stereocenters. The number of aromatic nitrogens is 6. The van der Waals surface area contributed by atoms with Gasteiger partial charge in [-0.05, 0) is 90.8 Å². The van der Waals surface area contributed by atoms with Crippen molar-refractivity contribution >= 4 is 11.8 Å². The van der Waals surface area contributed by atoms with Gasteiger partial charge in [-0.2, -0.15) is 5.06 Å². The molecular weight excluding hydrogens is 680 g/mol. The number of rotatable bonds is 6. The van der Waals surface area contributed by atoms with Crippen LogP contribution in [0.3, 0.4) is 0 Å². The second-order valence-electron chi connectivity index (χ2n) is 9.98. The van der Waals surface area contributed by atoms with Crippen molar-refractivity contribution in [2.45, 2.75) is 26.4 Å². The second-order valence-corrected chi connectivity index (χ2v) is 9.98. The van der Waals surface area contributed by atoms with Gasteiger partial charge in [0.15, 0.2) is 0 Å².